The standard InChI is InChI=1S/C20H30N4O2/c1-13-5-4-6-15(11-13)23-16-12-20(3)14(2)17(18(20)21)19(24-16)22-7-9-26-10-8-25/h4-6,11-12,14,17-18,23,25H,7-10,21H2,1-3H3,(H,22,24). The molecule has 0 spiro atoms. The van der Waals surface area contributed by atoms with E-state index in [4.69, 9.17) is 20.6 Å². The SMILES string of the molecule is Cc1cccc(NC2=CC3(C)C(C)C(C(=NCCOCCO)N2)C3N)c1. The summed E-state index contributed by atoms with van der Waals surface area (Å²) in [6.45, 7) is 7.94. The van der Waals surface area contributed by atoms with Gasteiger partial charge in [0.2, 0.25) is 0 Å². The zero-order valence-electron chi connectivity index (χ0n) is 15.8. The van der Waals surface area contributed by atoms with E-state index >= 15 is 0 Å². The Morgan fingerprint density at radius 1 is 1.38 bits per heavy atom. The van der Waals surface area contributed by atoms with Gasteiger partial charge in [-0.2, -0.15) is 0 Å². The van der Waals surface area contributed by atoms with Gasteiger partial charge < -0.3 is 26.2 Å². The van der Waals surface area contributed by atoms with Crippen LogP contribution in [0.1, 0.15) is 19.4 Å². The van der Waals surface area contributed by atoms with Crippen LogP contribution in [0.3, 0.4) is 0 Å². The minimum absolute atomic E-state index is 0.0327. The molecule has 26 heavy (non-hydrogen) atoms. The van der Waals surface area contributed by atoms with Gasteiger partial charge in [0, 0.05) is 23.1 Å². The second kappa shape index (κ2) is 7.78. The summed E-state index contributed by atoms with van der Waals surface area (Å²) in [5.41, 5.74) is 8.70. The van der Waals surface area contributed by atoms with Crippen LogP contribution in [0.2, 0.25) is 0 Å². The van der Waals surface area contributed by atoms with Crippen molar-refractivity contribution in [3.05, 3.63) is 41.7 Å². The summed E-state index contributed by atoms with van der Waals surface area (Å²) in [5.74, 6) is 2.47. The predicted octanol–water partition coefficient (Wildman–Crippen LogP) is 1.86. The van der Waals surface area contributed by atoms with Crippen LogP contribution in [0.4, 0.5) is 5.69 Å². The molecule has 1 aromatic rings. The Morgan fingerprint density at radius 3 is 2.88 bits per heavy atom. The van der Waals surface area contributed by atoms with Crippen molar-refractivity contribution in [2.45, 2.75) is 26.8 Å². The topological polar surface area (TPSA) is 91.9 Å². The minimum atomic E-state index is -0.0610. The third-order valence-electron chi connectivity index (χ3n) is 5.71. The van der Waals surface area contributed by atoms with Gasteiger partial charge in [0.05, 0.1) is 26.4 Å². The Balaban J connectivity index is 1.78. The first kappa shape index (κ1) is 18.9. The van der Waals surface area contributed by atoms with E-state index in [-0.39, 0.29) is 24.0 Å². The molecule has 3 aliphatic rings. The van der Waals surface area contributed by atoms with Crippen LogP contribution in [0.15, 0.2) is 41.2 Å². The molecule has 1 saturated carbocycles. The second-order valence-electron chi connectivity index (χ2n) is 7.49. The van der Waals surface area contributed by atoms with E-state index in [0.717, 1.165) is 17.3 Å². The van der Waals surface area contributed by atoms with Crippen molar-refractivity contribution in [1.29, 1.82) is 0 Å². The van der Waals surface area contributed by atoms with Gasteiger partial charge in [0.15, 0.2) is 0 Å². The fraction of sp³-hybridized carbons (Fsp3) is 0.550. The molecule has 1 aromatic carbocycles. The third-order valence-corrected chi connectivity index (χ3v) is 5.71. The van der Waals surface area contributed by atoms with Gasteiger partial charge in [-0.05, 0) is 36.6 Å². The molecule has 0 saturated heterocycles. The second-order valence-corrected chi connectivity index (χ2v) is 7.49. The van der Waals surface area contributed by atoms with Gasteiger partial charge in [-0.3, -0.25) is 4.99 Å². The molecule has 2 bridgehead atoms. The van der Waals surface area contributed by atoms with Crippen LogP contribution in [-0.2, 0) is 4.74 Å². The number of hydrogen-bond acceptors (Lipinski definition) is 5. The number of ether oxygens (including phenoxy) is 1. The number of aliphatic hydroxyl groups excluding tert-OH is 1. The number of aryl methyl sites for hydroxylation is 1. The van der Waals surface area contributed by atoms with Crippen molar-refractivity contribution in [3.8, 4) is 0 Å². The lowest BCUT2D eigenvalue weighted by Crippen LogP contribution is -2.64. The average Bonchev–Trinajstić information content (AvgIpc) is 2.78. The molecule has 6 heteroatoms. The number of fused-ring (bicyclic) bond motifs is 2. The van der Waals surface area contributed by atoms with Crippen LogP contribution in [-0.4, -0.2) is 43.3 Å². The smallest absolute Gasteiger partial charge is 0.107 e. The van der Waals surface area contributed by atoms with E-state index < -0.39 is 0 Å². The number of anilines is 1. The van der Waals surface area contributed by atoms with E-state index in [0.29, 0.717) is 25.7 Å². The highest BCUT2D eigenvalue weighted by Crippen LogP contribution is 2.53. The van der Waals surface area contributed by atoms with Gasteiger partial charge in [0.1, 0.15) is 11.7 Å². The number of hydrogen-bond donors (Lipinski definition) is 4. The molecule has 1 fully saturated rings. The molecular weight excluding hydrogens is 328 g/mol. The van der Waals surface area contributed by atoms with Gasteiger partial charge in [-0.15, -0.1) is 0 Å². The van der Waals surface area contributed by atoms with Gasteiger partial charge in [-0.1, -0.05) is 26.0 Å². The molecule has 2 heterocycles. The molecule has 2 aliphatic heterocycles. The Bertz CT molecular complexity index is 691. The third kappa shape index (κ3) is 3.63. The molecule has 4 rings (SSSR count). The zero-order valence-corrected chi connectivity index (χ0v) is 15.8. The average molecular weight is 358 g/mol. The largest absolute Gasteiger partial charge is 0.394 e. The highest BCUT2D eigenvalue weighted by molar-refractivity contribution is 5.90. The normalized spacial score (nSPS) is 31.7. The predicted molar refractivity (Wildman–Crippen MR) is 105 cm³/mol. The first-order chi connectivity index (χ1) is 12.5. The van der Waals surface area contributed by atoms with Crippen molar-refractivity contribution in [2.75, 3.05) is 31.7 Å². The number of rotatable bonds is 7. The van der Waals surface area contributed by atoms with Crippen LogP contribution in [0.25, 0.3) is 0 Å². The maximum Gasteiger partial charge on any atom is 0.107 e. The maximum absolute atomic E-state index is 8.79. The van der Waals surface area contributed by atoms with Crippen molar-refractivity contribution >= 4 is 11.5 Å². The summed E-state index contributed by atoms with van der Waals surface area (Å²) in [4.78, 5) is 4.71. The summed E-state index contributed by atoms with van der Waals surface area (Å²) < 4.78 is 5.32. The van der Waals surface area contributed by atoms with E-state index in [1.165, 1.54) is 5.56 Å². The number of nitrogens with two attached hydrogens (primary N) is 1. The highest BCUT2D eigenvalue weighted by Gasteiger charge is 2.57. The Labute approximate surface area is 155 Å². The first-order valence-corrected chi connectivity index (χ1v) is 9.28. The Hall–Kier alpha value is -1.89. The van der Waals surface area contributed by atoms with E-state index in [9.17, 15) is 0 Å². The molecule has 0 amide bonds. The lowest BCUT2D eigenvalue weighted by atomic mass is 9.52. The van der Waals surface area contributed by atoms with Crippen LogP contribution in [0.5, 0.6) is 0 Å². The fourth-order valence-corrected chi connectivity index (χ4v) is 3.96. The number of benzene rings is 1. The van der Waals surface area contributed by atoms with Gasteiger partial charge >= 0.3 is 0 Å². The summed E-state index contributed by atoms with van der Waals surface area (Å²) >= 11 is 0. The Morgan fingerprint density at radius 2 is 2.19 bits per heavy atom. The lowest BCUT2D eigenvalue weighted by Gasteiger charge is -2.54. The Kier molecular flexibility index (Phi) is 5.65. The fourth-order valence-electron chi connectivity index (χ4n) is 3.96. The minimum Gasteiger partial charge on any atom is -0.394 e. The van der Waals surface area contributed by atoms with E-state index in [1.807, 2.05) is 6.07 Å². The van der Waals surface area contributed by atoms with Crippen LogP contribution in [0, 0.1) is 24.2 Å². The van der Waals surface area contributed by atoms with Crippen LogP contribution >= 0.6 is 0 Å². The lowest BCUT2D eigenvalue weighted by molar-refractivity contribution is 0.0405. The summed E-state index contributed by atoms with van der Waals surface area (Å²) in [7, 11) is 0. The number of nitrogens with zero attached hydrogens (tertiary/aromatic N) is 1. The van der Waals surface area contributed by atoms with E-state index in [1.54, 1.807) is 0 Å². The summed E-state index contributed by atoms with van der Waals surface area (Å²) in [5, 5.41) is 15.7. The molecule has 0 radical (unpaired) electrons. The number of amidine groups is 1. The summed E-state index contributed by atoms with van der Waals surface area (Å²) in [6.07, 6.45) is 2.21. The van der Waals surface area contributed by atoms with Crippen molar-refractivity contribution in [1.82, 2.24) is 5.32 Å². The number of aliphatic hydroxyl groups is 1. The van der Waals surface area contributed by atoms with Crippen molar-refractivity contribution in [3.63, 3.8) is 0 Å². The molecule has 142 valence electrons. The molecule has 6 nitrogen and oxygen atoms in total. The zero-order chi connectivity index (χ0) is 18.7. The maximum atomic E-state index is 8.79. The van der Waals surface area contributed by atoms with Crippen molar-refractivity contribution in [2.24, 2.45) is 28.0 Å². The molecule has 5 N–H and O–H groups in total. The number of nitrogens with one attached hydrogen (secondary N) is 2. The molecule has 1 aliphatic carbocycles. The monoisotopic (exact) mass is 358 g/mol. The molecule has 4 unspecified atom stereocenters. The van der Waals surface area contributed by atoms with Gasteiger partial charge in [0.25, 0.3) is 0 Å². The first-order valence-electron chi connectivity index (χ1n) is 9.28. The molecule has 4 atom stereocenters. The quantitative estimate of drug-likeness (QED) is 0.559. The van der Waals surface area contributed by atoms with Gasteiger partial charge in [-0.25, -0.2) is 0 Å². The van der Waals surface area contributed by atoms with Crippen LogP contribution < -0.4 is 16.4 Å². The van der Waals surface area contributed by atoms with E-state index in [2.05, 4.69) is 55.7 Å². The molecule has 0 aromatic heterocycles. The summed E-state index contributed by atoms with van der Waals surface area (Å²) in [6, 6.07) is 8.33. The highest BCUT2D eigenvalue weighted by atomic mass is 16.5. The van der Waals surface area contributed by atoms with Crippen molar-refractivity contribution < 1.29 is 9.84 Å². The molecular formula is C20H30N4O2. The number of aliphatic imine (C=N–C) groups is 1.